The molecule has 7 nitrogen and oxygen atoms in total. The smallest absolute Gasteiger partial charge is 0.194 e. The zero-order valence-corrected chi connectivity index (χ0v) is 19.2. The maximum absolute atomic E-state index is 4.82. The van der Waals surface area contributed by atoms with Gasteiger partial charge in [0.1, 0.15) is 5.82 Å². The molecule has 0 atom stereocenters. The second kappa shape index (κ2) is 10.4. The van der Waals surface area contributed by atoms with E-state index in [2.05, 4.69) is 49.5 Å². The molecule has 2 aromatic heterocycles. The van der Waals surface area contributed by atoms with Gasteiger partial charge >= 0.3 is 0 Å². The highest BCUT2D eigenvalue weighted by Gasteiger charge is 2.15. The van der Waals surface area contributed by atoms with Crippen molar-refractivity contribution in [3.05, 3.63) is 53.4 Å². The highest BCUT2D eigenvalue weighted by atomic mass is 32.1. The molecular weight excluding hydrogens is 406 g/mol. The molecule has 3 aromatic rings. The Morgan fingerprint density at radius 2 is 2.06 bits per heavy atom. The summed E-state index contributed by atoms with van der Waals surface area (Å²) in [7, 11) is 2.04. The molecular formula is C23H31N7S. The van der Waals surface area contributed by atoms with Crippen LogP contribution in [-0.2, 0) is 13.0 Å². The molecule has 4 rings (SSSR count). The SMILES string of the molecule is CCNC(=NCCc1csc(N2CCCC2)n1)N(C)Cc1ncc(-c2ccccc2)[nH]1. The Hall–Kier alpha value is -2.87. The highest BCUT2D eigenvalue weighted by Crippen LogP contribution is 2.24. The summed E-state index contributed by atoms with van der Waals surface area (Å²) in [5.74, 6) is 1.80. The molecule has 0 unspecified atom stereocenters. The number of aromatic amines is 1. The number of benzene rings is 1. The third-order valence-corrected chi connectivity index (χ3v) is 6.29. The summed E-state index contributed by atoms with van der Waals surface area (Å²) in [4.78, 5) is 22.1. The van der Waals surface area contributed by atoms with E-state index in [1.807, 2.05) is 31.4 Å². The first kappa shape index (κ1) is 21.4. The van der Waals surface area contributed by atoms with Crippen LogP contribution in [0.5, 0.6) is 0 Å². The summed E-state index contributed by atoms with van der Waals surface area (Å²) in [5, 5.41) is 6.72. The summed E-state index contributed by atoms with van der Waals surface area (Å²) in [5.41, 5.74) is 3.30. The van der Waals surface area contributed by atoms with Gasteiger partial charge in [-0.15, -0.1) is 11.3 Å². The van der Waals surface area contributed by atoms with Gasteiger partial charge in [-0.2, -0.15) is 0 Å². The Kier molecular flexibility index (Phi) is 7.19. The zero-order chi connectivity index (χ0) is 21.5. The van der Waals surface area contributed by atoms with Gasteiger partial charge in [0.05, 0.1) is 24.1 Å². The molecule has 1 saturated heterocycles. The van der Waals surface area contributed by atoms with Gasteiger partial charge in [-0.3, -0.25) is 4.99 Å². The quantitative estimate of drug-likeness (QED) is 0.415. The lowest BCUT2D eigenvalue weighted by atomic mass is 10.2. The van der Waals surface area contributed by atoms with Crippen LogP contribution in [0, 0.1) is 0 Å². The Bertz CT molecular complexity index is 973. The van der Waals surface area contributed by atoms with E-state index in [4.69, 9.17) is 9.98 Å². The van der Waals surface area contributed by atoms with Gasteiger partial charge in [0.25, 0.3) is 0 Å². The topological polar surface area (TPSA) is 72.4 Å². The van der Waals surface area contributed by atoms with Crippen LogP contribution in [0.15, 0.2) is 46.9 Å². The fraction of sp³-hybridized carbons (Fsp3) is 0.435. The minimum atomic E-state index is 0.661. The first-order valence-electron chi connectivity index (χ1n) is 11.0. The second-order valence-corrected chi connectivity index (χ2v) is 8.60. The molecule has 0 spiro atoms. The minimum Gasteiger partial charge on any atom is -0.357 e. The summed E-state index contributed by atoms with van der Waals surface area (Å²) in [6.45, 7) is 6.56. The lowest BCUT2D eigenvalue weighted by Gasteiger charge is -2.21. The van der Waals surface area contributed by atoms with Crippen LogP contribution in [0.3, 0.4) is 0 Å². The predicted molar refractivity (Wildman–Crippen MR) is 129 cm³/mol. The van der Waals surface area contributed by atoms with Crippen molar-refractivity contribution in [2.75, 3.05) is 38.1 Å². The standard InChI is InChI=1S/C23H31N7S/c1-3-24-22(25-12-11-19-17-31-23(27-19)30-13-7-8-14-30)29(2)16-21-26-15-20(28-21)18-9-5-4-6-10-18/h4-6,9-10,15,17H,3,7-8,11-14,16H2,1-2H3,(H,24,25)(H,26,28). The number of nitrogens with one attached hydrogen (secondary N) is 2. The van der Waals surface area contributed by atoms with Crippen molar-refractivity contribution < 1.29 is 0 Å². The monoisotopic (exact) mass is 437 g/mol. The Morgan fingerprint density at radius 1 is 1.26 bits per heavy atom. The Balaban J connectivity index is 1.34. The number of aliphatic imine (C=N–C) groups is 1. The molecule has 31 heavy (non-hydrogen) atoms. The summed E-state index contributed by atoms with van der Waals surface area (Å²) in [6.07, 6.45) is 5.30. The molecule has 0 bridgehead atoms. The van der Waals surface area contributed by atoms with Crippen molar-refractivity contribution in [2.45, 2.75) is 32.7 Å². The Morgan fingerprint density at radius 3 is 2.84 bits per heavy atom. The van der Waals surface area contributed by atoms with Crippen LogP contribution in [-0.4, -0.2) is 59.0 Å². The van der Waals surface area contributed by atoms with Crippen molar-refractivity contribution >= 4 is 22.4 Å². The van der Waals surface area contributed by atoms with E-state index in [-0.39, 0.29) is 0 Å². The predicted octanol–water partition coefficient (Wildman–Crippen LogP) is 3.77. The lowest BCUT2D eigenvalue weighted by Crippen LogP contribution is -2.38. The van der Waals surface area contributed by atoms with Crippen molar-refractivity contribution in [3.63, 3.8) is 0 Å². The van der Waals surface area contributed by atoms with Gasteiger partial charge in [0.15, 0.2) is 11.1 Å². The first-order chi connectivity index (χ1) is 15.2. The van der Waals surface area contributed by atoms with Crippen LogP contribution in [0.1, 0.15) is 31.3 Å². The molecule has 2 N–H and O–H groups in total. The average molecular weight is 438 g/mol. The van der Waals surface area contributed by atoms with E-state index in [9.17, 15) is 0 Å². The van der Waals surface area contributed by atoms with Crippen LogP contribution in [0.25, 0.3) is 11.3 Å². The van der Waals surface area contributed by atoms with E-state index in [1.54, 1.807) is 11.3 Å². The molecule has 3 heterocycles. The van der Waals surface area contributed by atoms with Crippen LogP contribution in [0.2, 0.25) is 0 Å². The van der Waals surface area contributed by atoms with E-state index in [0.29, 0.717) is 13.1 Å². The number of imidazole rings is 1. The van der Waals surface area contributed by atoms with E-state index >= 15 is 0 Å². The second-order valence-electron chi connectivity index (χ2n) is 7.77. The summed E-state index contributed by atoms with van der Waals surface area (Å²) >= 11 is 1.75. The third kappa shape index (κ3) is 5.64. The van der Waals surface area contributed by atoms with Gasteiger partial charge < -0.3 is 20.1 Å². The van der Waals surface area contributed by atoms with Gasteiger partial charge in [-0.05, 0) is 25.3 Å². The van der Waals surface area contributed by atoms with E-state index in [0.717, 1.165) is 59.9 Å². The van der Waals surface area contributed by atoms with Gasteiger partial charge in [-0.1, -0.05) is 30.3 Å². The number of thiazole rings is 1. The molecule has 1 aliphatic heterocycles. The van der Waals surface area contributed by atoms with E-state index in [1.165, 1.54) is 12.8 Å². The average Bonchev–Trinajstić information content (AvgIpc) is 3.55. The highest BCUT2D eigenvalue weighted by molar-refractivity contribution is 7.13. The summed E-state index contributed by atoms with van der Waals surface area (Å²) in [6, 6.07) is 10.3. The molecule has 0 aliphatic carbocycles. The molecule has 164 valence electrons. The number of rotatable bonds is 8. The molecule has 1 aliphatic rings. The maximum Gasteiger partial charge on any atom is 0.194 e. The van der Waals surface area contributed by atoms with Gasteiger partial charge in [0, 0.05) is 45.0 Å². The number of aromatic nitrogens is 3. The third-order valence-electron chi connectivity index (χ3n) is 5.34. The number of hydrogen-bond donors (Lipinski definition) is 2. The fourth-order valence-electron chi connectivity index (χ4n) is 3.72. The molecule has 8 heteroatoms. The van der Waals surface area contributed by atoms with Crippen molar-refractivity contribution in [2.24, 2.45) is 4.99 Å². The summed E-state index contributed by atoms with van der Waals surface area (Å²) < 4.78 is 0. The number of anilines is 1. The van der Waals surface area contributed by atoms with Gasteiger partial charge in [-0.25, -0.2) is 9.97 Å². The number of H-pyrrole nitrogens is 1. The van der Waals surface area contributed by atoms with E-state index < -0.39 is 0 Å². The minimum absolute atomic E-state index is 0.661. The normalized spacial score (nSPS) is 14.3. The number of hydrogen-bond acceptors (Lipinski definition) is 5. The number of guanidine groups is 1. The molecule has 1 aromatic carbocycles. The first-order valence-corrected chi connectivity index (χ1v) is 11.9. The number of nitrogens with zero attached hydrogens (tertiary/aromatic N) is 5. The fourth-order valence-corrected chi connectivity index (χ4v) is 4.63. The zero-order valence-electron chi connectivity index (χ0n) is 18.3. The lowest BCUT2D eigenvalue weighted by molar-refractivity contribution is 0.464. The van der Waals surface area contributed by atoms with Crippen LogP contribution < -0.4 is 10.2 Å². The van der Waals surface area contributed by atoms with Crippen molar-refractivity contribution in [1.82, 2.24) is 25.2 Å². The van der Waals surface area contributed by atoms with Crippen molar-refractivity contribution in [3.8, 4) is 11.3 Å². The molecule has 0 amide bonds. The largest absolute Gasteiger partial charge is 0.357 e. The maximum atomic E-state index is 4.82. The molecule has 1 fully saturated rings. The van der Waals surface area contributed by atoms with Crippen LogP contribution >= 0.6 is 11.3 Å². The van der Waals surface area contributed by atoms with Crippen LogP contribution in [0.4, 0.5) is 5.13 Å². The molecule has 0 radical (unpaired) electrons. The van der Waals surface area contributed by atoms with Gasteiger partial charge in [0.2, 0.25) is 0 Å². The Labute approximate surface area is 188 Å². The van der Waals surface area contributed by atoms with Crippen molar-refractivity contribution in [1.29, 1.82) is 0 Å². The molecule has 0 saturated carbocycles.